The molecule has 1 saturated heterocycles. The SMILES string of the molecule is Cc1nc(N2CCOCC2)[nH]c(=O)c1CCC(=O)NC(C)Cn1cccn1. The molecule has 2 N–H and O–H groups in total. The van der Waals surface area contributed by atoms with Gasteiger partial charge in [0.15, 0.2) is 0 Å². The van der Waals surface area contributed by atoms with Gasteiger partial charge in [0.1, 0.15) is 0 Å². The molecule has 1 aliphatic heterocycles. The fourth-order valence-electron chi connectivity index (χ4n) is 3.14. The Morgan fingerprint density at radius 3 is 2.85 bits per heavy atom. The largest absolute Gasteiger partial charge is 0.378 e. The van der Waals surface area contributed by atoms with Crippen LogP contribution in [0.2, 0.25) is 0 Å². The average Bonchev–Trinajstić information content (AvgIpc) is 3.14. The molecule has 1 unspecified atom stereocenters. The van der Waals surface area contributed by atoms with Gasteiger partial charge < -0.3 is 15.0 Å². The van der Waals surface area contributed by atoms with Crippen molar-refractivity contribution in [2.24, 2.45) is 0 Å². The number of nitrogens with one attached hydrogen (secondary N) is 2. The van der Waals surface area contributed by atoms with Gasteiger partial charge in [-0.25, -0.2) is 4.98 Å². The van der Waals surface area contributed by atoms with Crippen LogP contribution in [0.1, 0.15) is 24.6 Å². The summed E-state index contributed by atoms with van der Waals surface area (Å²) in [7, 11) is 0. The number of ether oxygens (including phenoxy) is 1. The first-order chi connectivity index (χ1) is 13.0. The molecule has 3 rings (SSSR count). The number of anilines is 1. The molecule has 0 aliphatic carbocycles. The monoisotopic (exact) mass is 374 g/mol. The smallest absolute Gasteiger partial charge is 0.255 e. The quantitative estimate of drug-likeness (QED) is 0.720. The van der Waals surface area contributed by atoms with Crippen molar-refractivity contribution in [2.75, 3.05) is 31.2 Å². The van der Waals surface area contributed by atoms with Crippen molar-refractivity contribution in [1.82, 2.24) is 25.1 Å². The van der Waals surface area contributed by atoms with E-state index in [0.717, 1.165) is 0 Å². The highest BCUT2D eigenvalue weighted by Crippen LogP contribution is 2.11. The van der Waals surface area contributed by atoms with Crippen molar-refractivity contribution in [2.45, 2.75) is 39.3 Å². The first-order valence-corrected chi connectivity index (χ1v) is 9.22. The standard InChI is InChI=1S/C18H26N6O3/c1-13(12-24-7-3-6-19-24)20-16(25)5-4-15-14(2)21-18(22-17(15)26)23-8-10-27-11-9-23/h3,6-7,13H,4-5,8-12H2,1-2H3,(H,20,25)(H,21,22,26). The molecule has 2 aromatic rings. The van der Waals surface area contributed by atoms with Crippen LogP contribution in [-0.4, -0.2) is 58.0 Å². The number of aromatic amines is 1. The van der Waals surface area contributed by atoms with Gasteiger partial charge in [-0.05, 0) is 26.3 Å². The fourth-order valence-corrected chi connectivity index (χ4v) is 3.14. The minimum Gasteiger partial charge on any atom is -0.378 e. The zero-order chi connectivity index (χ0) is 19.2. The number of rotatable bonds is 7. The second-order valence-electron chi connectivity index (χ2n) is 6.75. The molecule has 3 heterocycles. The molecule has 1 fully saturated rings. The molecule has 2 aromatic heterocycles. The van der Waals surface area contributed by atoms with E-state index in [4.69, 9.17) is 4.74 Å². The van der Waals surface area contributed by atoms with E-state index in [1.165, 1.54) is 0 Å². The van der Waals surface area contributed by atoms with E-state index in [9.17, 15) is 9.59 Å². The Morgan fingerprint density at radius 1 is 1.41 bits per heavy atom. The Balaban J connectivity index is 1.55. The molecule has 0 bridgehead atoms. The summed E-state index contributed by atoms with van der Waals surface area (Å²) in [5, 5.41) is 7.06. The van der Waals surface area contributed by atoms with E-state index in [1.807, 2.05) is 31.0 Å². The molecule has 1 amide bonds. The zero-order valence-corrected chi connectivity index (χ0v) is 15.8. The summed E-state index contributed by atoms with van der Waals surface area (Å²) >= 11 is 0. The average molecular weight is 374 g/mol. The molecule has 0 saturated carbocycles. The van der Waals surface area contributed by atoms with Gasteiger partial charge in [-0.15, -0.1) is 0 Å². The molecule has 9 nitrogen and oxygen atoms in total. The van der Waals surface area contributed by atoms with E-state index < -0.39 is 0 Å². The third-order valence-electron chi connectivity index (χ3n) is 4.55. The first-order valence-electron chi connectivity index (χ1n) is 9.22. The maximum atomic E-state index is 12.5. The molecular formula is C18H26N6O3. The number of H-pyrrole nitrogens is 1. The van der Waals surface area contributed by atoms with Gasteiger partial charge in [0.05, 0.1) is 19.8 Å². The minimum atomic E-state index is -0.179. The van der Waals surface area contributed by atoms with Crippen LogP contribution in [-0.2, 0) is 22.5 Å². The van der Waals surface area contributed by atoms with Crippen LogP contribution in [0.25, 0.3) is 0 Å². The van der Waals surface area contributed by atoms with Gasteiger partial charge in [-0.3, -0.25) is 19.3 Å². The van der Waals surface area contributed by atoms with Gasteiger partial charge in [-0.2, -0.15) is 5.10 Å². The van der Waals surface area contributed by atoms with Crippen LogP contribution >= 0.6 is 0 Å². The summed E-state index contributed by atoms with van der Waals surface area (Å²) in [6.45, 7) is 7.01. The lowest BCUT2D eigenvalue weighted by atomic mass is 10.1. The van der Waals surface area contributed by atoms with Crippen molar-refractivity contribution >= 4 is 11.9 Å². The predicted octanol–water partition coefficient (Wildman–Crippen LogP) is 0.249. The Morgan fingerprint density at radius 2 is 2.19 bits per heavy atom. The molecule has 0 spiro atoms. The van der Waals surface area contributed by atoms with Crippen LogP contribution in [0.15, 0.2) is 23.3 Å². The van der Waals surface area contributed by atoms with Crippen molar-refractivity contribution in [3.8, 4) is 0 Å². The van der Waals surface area contributed by atoms with Crippen molar-refractivity contribution in [1.29, 1.82) is 0 Å². The molecule has 1 aliphatic rings. The van der Waals surface area contributed by atoms with Gasteiger partial charge in [0.2, 0.25) is 11.9 Å². The summed E-state index contributed by atoms with van der Waals surface area (Å²) in [5.74, 6) is 0.479. The molecule has 9 heteroatoms. The molecule has 0 radical (unpaired) electrons. The lowest BCUT2D eigenvalue weighted by molar-refractivity contribution is -0.121. The Hall–Kier alpha value is -2.68. The van der Waals surface area contributed by atoms with E-state index in [2.05, 4.69) is 20.4 Å². The van der Waals surface area contributed by atoms with E-state index >= 15 is 0 Å². The van der Waals surface area contributed by atoms with Gasteiger partial charge in [0.25, 0.3) is 5.56 Å². The van der Waals surface area contributed by atoms with E-state index in [0.29, 0.717) is 56.5 Å². The second kappa shape index (κ2) is 8.81. The van der Waals surface area contributed by atoms with E-state index in [-0.39, 0.29) is 23.9 Å². The highest BCUT2D eigenvalue weighted by Gasteiger charge is 2.17. The topological polar surface area (TPSA) is 105 Å². The number of aromatic nitrogens is 4. The lowest BCUT2D eigenvalue weighted by Crippen LogP contribution is -2.39. The number of hydrogen-bond donors (Lipinski definition) is 2. The summed E-state index contributed by atoms with van der Waals surface area (Å²) in [6.07, 6.45) is 4.16. The summed E-state index contributed by atoms with van der Waals surface area (Å²) in [5.41, 5.74) is 1.04. The molecule has 146 valence electrons. The molecular weight excluding hydrogens is 348 g/mol. The molecule has 0 aromatic carbocycles. The van der Waals surface area contributed by atoms with E-state index in [1.54, 1.807) is 10.9 Å². The fraction of sp³-hybridized carbons (Fsp3) is 0.556. The number of morpholine rings is 1. The normalized spacial score (nSPS) is 15.6. The Kier molecular flexibility index (Phi) is 6.23. The van der Waals surface area contributed by atoms with Crippen molar-refractivity contribution < 1.29 is 9.53 Å². The van der Waals surface area contributed by atoms with Crippen LogP contribution < -0.4 is 15.8 Å². The third kappa shape index (κ3) is 5.16. The predicted molar refractivity (Wildman–Crippen MR) is 101 cm³/mol. The minimum absolute atomic E-state index is 0.0430. The molecule has 27 heavy (non-hydrogen) atoms. The van der Waals surface area contributed by atoms with Crippen LogP contribution in [0.4, 0.5) is 5.95 Å². The van der Waals surface area contributed by atoms with Crippen LogP contribution in [0.5, 0.6) is 0 Å². The zero-order valence-electron chi connectivity index (χ0n) is 15.8. The Labute approximate surface area is 157 Å². The Bertz CT molecular complexity index is 811. The molecule has 1 atom stereocenters. The number of carbonyl (C=O) groups excluding carboxylic acids is 1. The lowest BCUT2D eigenvalue weighted by Gasteiger charge is -2.27. The van der Waals surface area contributed by atoms with Gasteiger partial charge >= 0.3 is 0 Å². The van der Waals surface area contributed by atoms with Crippen LogP contribution in [0, 0.1) is 6.92 Å². The maximum absolute atomic E-state index is 12.5. The summed E-state index contributed by atoms with van der Waals surface area (Å²) < 4.78 is 7.10. The third-order valence-corrected chi connectivity index (χ3v) is 4.55. The number of carbonyl (C=O) groups is 1. The highest BCUT2D eigenvalue weighted by molar-refractivity contribution is 5.76. The second-order valence-corrected chi connectivity index (χ2v) is 6.75. The van der Waals surface area contributed by atoms with Crippen molar-refractivity contribution in [3.05, 3.63) is 40.1 Å². The first kappa shape index (κ1) is 19.1. The number of nitrogens with zero attached hydrogens (tertiary/aromatic N) is 4. The van der Waals surface area contributed by atoms with Gasteiger partial charge in [0, 0.05) is 49.2 Å². The number of aryl methyl sites for hydroxylation is 1. The maximum Gasteiger partial charge on any atom is 0.255 e. The van der Waals surface area contributed by atoms with Gasteiger partial charge in [-0.1, -0.05) is 0 Å². The highest BCUT2D eigenvalue weighted by atomic mass is 16.5. The van der Waals surface area contributed by atoms with Crippen molar-refractivity contribution in [3.63, 3.8) is 0 Å². The summed E-state index contributed by atoms with van der Waals surface area (Å²) in [4.78, 5) is 34.0. The summed E-state index contributed by atoms with van der Waals surface area (Å²) in [6, 6.07) is 1.80. The number of amides is 1. The number of hydrogen-bond acceptors (Lipinski definition) is 6. The van der Waals surface area contributed by atoms with Crippen LogP contribution in [0.3, 0.4) is 0 Å².